The summed E-state index contributed by atoms with van der Waals surface area (Å²) < 4.78 is 0. The van der Waals surface area contributed by atoms with Crippen LogP contribution in [-0.4, -0.2) is 0 Å². The van der Waals surface area contributed by atoms with Gasteiger partial charge in [-0.2, -0.15) is 0 Å². The minimum Gasteiger partial charge on any atom is -0.0616 e. The van der Waals surface area contributed by atoms with E-state index >= 15 is 0 Å². The first-order valence-electron chi connectivity index (χ1n) is 3.80. The minimum absolute atomic E-state index is 0.814. The van der Waals surface area contributed by atoms with Gasteiger partial charge in [0.25, 0.3) is 6.57 Å². The van der Waals surface area contributed by atoms with Crippen molar-refractivity contribution in [3.8, 4) is 6.57 Å². The van der Waals surface area contributed by atoms with Crippen LogP contribution in [0.4, 0.5) is 5.69 Å². The molecule has 0 N–H and O–H groups in total. The van der Waals surface area contributed by atoms with Crippen LogP contribution in [0.5, 0.6) is 0 Å². The summed E-state index contributed by atoms with van der Waals surface area (Å²) in [7, 11) is 0. The first-order valence-corrected chi connectivity index (χ1v) is 3.80. The third-order valence-electron chi connectivity index (χ3n) is 1.88. The first-order chi connectivity index (χ1) is 5.90. The predicted molar refractivity (Wildman–Crippen MR) is 51.9 cm³/mol. The molecule has 2 rings (SSSR count). The Morgan fingerprint density at radius 3 is 2.42 bits per heavy atom. The Bertz CT molecular complexity index is 452. The summed E-state index contributed by atoms with van der Waals surface area (Å²) in [6, 6.07) is 14.0. The summed E-state index contributed by atoms with van der Waals surface area (Å²) in [5, 5.41) is 2.38. The molecule has 0 atom stereocenters. The van der Waals surface area contributed by atoms with Gasteiger partial charge in [0, 0.05) is 12.1 Å². The van der Waals surface area contributed by atoms with E-state index in [0.717, 1.165) is 5.69 Å². The topological polar surface area (TPSA) is 4.36 Å². The molecule has 1 heteroatoms. The van der Waals surface area contributed by atoms with Crippen molar-refractivity contribution in [1.82, 2.24) is 0 Å². The van der Waals surface area contributed by atoms with Crippen molar-refractivity contribution < 1.29 is 0 Å². The third kappa shape index (κ3) is 1.04. The van der Waals surface area contributed by atoms with Crippen molar-refractivity contribution in [2.75, 3.05) is 0 Å². The number of hydrogen-bond acceptors (Lipinski definition) is 0. The molecule has 0 bridgehead atoms. The molecule has 2 aromatic rings. The second kappa shape index (κ2) is 2.67. The summed E-state index contributed by atoms with van der Waals surface area (Å²) in [6.45, 7) is 5.17. The molecule has 0 aliphatic carbocycles. The van der Waals surface area contributed by atoms with E-state index in [2.05, 4.69) is 10.9 Å². The molecule has 0 heterocycles. The summed E-state index contributed by atoms with van der Waals surface area (Å²) in [5.74, 6) is 0. The summed E-state index contributed by atoms with van der Waals surface area (Å²) in [4.78, 5) is 3.62. The highest BCUT2D eigenvalue weighted by molar-refractivity contribution is 5.85. The first kappa shape index (κ1) is 6.87. The van der Waals surface area contributed by atoms with E-state index < -0.39 is 0 Å². The summed E-state index contributed by atoms with van der Waals surface area (Å²) in [5.41, 5.74) is 0.814. The molecule has 0 spiro atoms. The molecule has 56 valence electrons. The van der Waals surface area contributed by atoms with E-state index in [1.54, 1.807) is 0 Å². The van der Waals surface area contributed by atoms with Crippen LogP contribution in [0, 0.1) is 6.57 Å². The van der Waals surface area contributed by atoms with Gasteiger partial charge in [0.1, 0.15) is 0 Å². The van der Waals surface area contributed by atoms with E-state index in [9.17, 15) is 0 Å². The van der Waals surface area contributed by atoms with Gasteiger partial charge < -0.3 is 0 Å². The van der Waals surface area contributed by atoms with Gasteiger partial charge >= 0.3 is 5.69 Å². The zero-order valence-corrected chi connectivity index (χ0v) is 6.57. The van der Waals surface area contributed by atoms with Gasteiger partial charge in [-0.1, -0.05) is 24.3 Å². The van der Waals surface area contributed by atoms with Gasteiger partial charge in [0.2, 0.25) is 0 Å². The van der Waals surface area contributed by atoms with Crippen LogP contribution in [-0.2, 0) is 0 Å². The fourth-order valence-electron chi connectivity index (χ4n) is 1.26. The Hall–Kier alpha value is -1.81. The highest BCUT2D eigenvalue weighted by atomic mass is 14.6. The van der Waals surface area contributed by atoms with Gasteiger partial charge in [-0.25, -0.2) is 0 Å². The normalized spacial score (nSPS) is 9.58. The molecule has 0 unspecified atom stereocenters. The smallest absolute Gasteiger partial charge is 0.0616 e. The molecular weight excluding hydrogens is 146 g/mol. The average molecular weight is 154 g/mol. The Balaban J connectivity index is 2.78. The quantitative estimate of drug-likeness (QED) is 0.547. The van der Waals surface area contributed by atoms with Crippen LogP contribution in [0.25, 0.3) is 15.6 Å². The molecule has 0 saturated carbocycles. The Morgan fingerprint density at radius 2 is 1.67 bits per heavy atom. The molecule has 0 amide bonds. The molecule has 0 radical (unpaired) electrons. The van der Waals surface area contributed by atoms with Crippen molar-refractivity contribution in [2.24, 2.45) is 0 Å². The van der Waals surface area contributed by atoms with Crippen LogP contribution >= 0.6 is 0 Å². The molecule has 0 aliphatic rings. The maximum Gasteiger partial charge on any atom is 0.340 e. The molecular formula is C11H8N+. The SMILES string of the molecule is C#[N+]c1ccc2ccccc2c1. The lowest BCUT2D eigenvalue weighted by Gasteiger charge is -1.91. The standard InChI is InChI=1S/C11H8N/c1-12-11-7-6-9-4-2-3-5-10(9)8-11/h1-8H/q+1. The number of benzene rings is 2. The largest absolute Gasteiger partial charge is 0.340 e. The van der Waals surface area contributed by atoms with Crippen LogP contribution in [0.2, 0.25) is 0 Å². The van der Waals surface area contributed by atoms with Crippen molar-refractivity contribution in [3.63, 3.8) is 0 Å². The highest BCUT2D eigenvalue weighted by Crippen LogP contribution is 2.20. The summed E-state index contributed by atoms with van der Waals surface area (Å²) >= 11 is 0. The van der Waals surface area contributed by atoms with Gasteiger partial charge in [-0.05, 0) is 21.7 Å². The molecule has 2 aromatic carbocycles. The fraction of sp³-hybridized carbons (Fsp3) is 0. The van der Waals surface area contributed by atoms with E-state index in [1.807, 2.05) is 36.4 Å². The van der Waals surface area contributed by atoms with E-state index in [1.165, 1.54) is 10.8 Å². The minimum atomic E-state index is 0.814. The van der Waals surface area contributed by atoms with Crippen LogP contribution in [0.15, 0.2) is 42.5 Å². The van der Waals surface area contributed by atoms with Crippen LogP contribution in [0.3, 0.4) is 0 Å². The van der Waals surface area contributed by atoms with Gasteiger partial charge in [-0.15, -0.1) is 0 Å². The zero-order valence-electron chi connectivity index (χ0n) is 6.57. The lowest BCUT2D eigenvalue weighted by Crippen LogP contribution is -1.69. The maximum atomic E-state index is 5.17. The molecule has 12 heavy (non-hydrogen) atoms. The summed E-state index contributed by atoms with van der Waals surface area (Å²) in [6.07, 6.45) is 0. The van der Waals surface area contributed by atoms with E-state index in [-0.39, 0.29) is 0 Å². The van der Waals surface area contributed by atoms with Crippen LogP contribution in [0.1, 0.15) is 0 Å². The maximum absolute atomic E-state index is 5.17. The number of nitrogens with zero attached hydrogens (tertiary/aromatic N) is 1. The Morgan fingerprint density at radius 1 is 0.917 bits per heavy atom. The lowest BCUT2D eigenvalue weighted by atomic mass is 10.1. The van der Waals surface area contributed by atoms with Crippen molar-refractivity contribution in [1.29, 1.82) is 0 Å². The number of hydrogen-bond donors (Lipinski definition) is 0. The third-order valence-corrected chi connectivity index (χ3v) is 1.88. The molecule has 1 nitrogen and oxygen atoms in total. The van der Waals surface area contributed by atoms with Crippen molar-refractivity contribution in [2.45, 2.75) is 0 Å². The predicted octanol–water partition coefficient (Wildman–Crippen LogP) is 3.43. The van der Waals surface area contributed by atoms with Gasteiger partial charge in [0.15, 0.2) is 0 Å². The molecule has 0 aliphatic heterocycles. The second-order valence-electron chi connectivity index (χ2n) is 2.66. The van der Waals surface area contributed by atoms with Crippen LogP contribution < -0.4 is 0 Å². The Kier molecular flexibility index (Phi) is 1.53. The van der Waals surface area contributed by atoms with E-state index in [0.29, 0.717) is 0 Å². The van der Waals surface area contributed by atoms with E-state index in [4.69, 9.17) is 6.57 Å². The monoisotopic (exact) mass is 154 g/mol. The second-order valence-corrected chi connectivity index (χ2v) is 2.66. The molecule has 0 fully saturated rings. The molecule has 0 aromatic heterocycles. The lowest BCUT2D eigenvalue weighted by molar-refractivity contribution is 1.75. The van der Waals surface area contributed by atoms with Crippen molar-refractivity contribution >= 4 is 16.5 Å². The number of fused-ring (bicyclic) bond motifs is 1. The number of rotatable bonds is 0. The molecule has 0 saturated heterocycles. The fourth-order valence-corrected chi connectivity index (χ4v) is 1.26. The van der Waals surface area contributed by atoms with Gasteiger partial charge in [-0.3, -0.25) is 0 Å². The Labute approximate surface area is 71.1 Å². The highest BCUT2D eigenvalue weighted by Gasteiger charge is 1.99. The van der Waals surface area contributed by atoms with Gasteiger partial charge in [0.05, 0.1) is 0 Å². The zero-order chi connectivity index (χ0) is 8.39. The average Bonchev–Trinajstić information content (AvgIpc) is 2.17. The van der Waals surface area contributed by atoms with Crippen molar-refractivity contribution in [3.05, 3.63) is 47.3 Å².